The fraction of sp³-hybridized carbons (Fsp3) is 0.250. The minimum atomic E-state index is -4.58. The molecule has 1 amide bonds. The van der Waals surface area contributed by atoms with Crippen molar-refractivity contribution in [2.75, 3.05) is 6.54 Å². The van der Waals surface area contributed by atoms with E-state index >= 15 is 0 Å². The molecule has 0 aliphatic heterocycles. The van der Waals surface area contributed by atoms with Crippen molar-refractivity contribution in [3.8, 4) is 12.3 Å². The summed E-state index contributed by atoms with van der Waals surface area (Å²) < 4.78 is 38.5. The molecule has 0 bridgehead atoms. The average Bonchev–Trinajstić information content (AvgIpc) is 2.28. The number of benzene rings is 1. The monoisotopic (exact) mass is 319 g/mol. The van der Waals surface area contributed by atoms with Crippen LogP contribution in [0, 0.1) is 12.3 Å². The number of hydrogen-bond acceptors (Lipinski definition) is 1. The summed E-state index contributed by atoms with van der Waals surface area (Å²) in [5, 5.41) is 2.34. The summed E-state index contributed by atoms with van der Waals surface area (Å²) in [4.78, 5) is 11.6. The Kier molecular flexibility index (Phi) is 4.79. The van der Waals surface area contributed by atoms with Crippen molar-refractivity contribution >= 4 is 21.8 Å². The third-order valence-corrected chi connectivity index (χ3v) is 2.58. The van der Waals surface area contributed by atoms with Crippen molar-refractivity contribution in [3.63, 3.8) is 0 Å². The van der Waals surface area contributed by atoms with Gasteiger partial charge in [-0.05, 0) is 18.2 Å². The van der Waals surface area contributed by atoms with Crippen LogP contribution in [0.4, 0.5) is 13.2 Å². The first-order chi connectivity index (χ1) is 8.36. The highest BCUT2D eigenvalue weighted by atomic mass is 79.9. The lowest BCUT2D eigenvalue weighted by molar-refractivity contribution is -0.138. The third-order valence-electron chi connectivity index (χ3n) is 2.09. The minimum Gasteiger partial charge on any atom is -0.351 e. The van der Waals surface area contributed by atoms with Gasteiger partial charge in [-0.1, -0.05) is 15.9 Å². The van der Waals surface area contributed by atoms with Crippen LogP contribution in [0.25, 0.3) is 0 Å². The standard InChI is InChI=1S/C12H9BrF3NO/c1-2-3-6-17-11(18)9-5-4-8(13)7-10(9)12(14,15)16/h1,4-5,7H,3,6H2,(H,17,18). The van der Waals surface area contributed by atoms with E-state index < -0.39 is 23.2 Å². The van der Waals surface area contributed by atoms with Gasteiger partial charge in [-0.25, -0.2) is 0 Å². The molecule has 0 saturated heterocycles. The summed E-state index contributed by atoms with van der Waals surface area (Å²) in [7, 11) is 0. The van der Waals surface area contributed by atoms with Gasteiger partial charge in [0.05, 0.1) is 11.1 Å². The van der Waals surface area contributed by atoms with Crippen LogP contribution in [-0.4, -0.2) is 12.5 Å². The maximum Gasteiger partial charge on any atom is 0.417 e. The quantitative estimate of drug-likeness (QED) is 0.672. The van der Waals surface area contributed by atoms with Crippen molar-refractivity contribution in [3.05, 3.63) is 33.8 Å². The first-order valence-corrected chi connectivity index (χ1v) is 5.74. The highest BCUT2D eigenvalue weighted by Crippen LogP contribution is 2.33. The second-order valence-corrected chi connectivity index (χ2v) is 4.31. The molecule has 0 radical (unpaired) electrons. The highest BCUT2D eigenvalue weighted by Gasteiger charge is 2.35. The Balaban J connectivity index is 3.02. The van der Waals surface area contributed by atoms with Crippen LogP contribution in [0.5, 0.6) is 0 Å². The van der Waals surface area contributed by atoms with Gasteiger partial charge >= 0.3 is 6.18 Å². The number of amides is 1. The summed E-state index contributed by atoms with van der Waals surface area (Å²) in [5.41, 5.74) is -1.39. The third kappa shape index (κ3) is 3.77. The van der Waals surface area contributed by atoms with E-state index in [0.29, 0.717) is 0 Å². The Morgan fingerprint density at radius 1 is 1.44 bits per heavy atom. The van der Waals surface area contributed by atoms with Gasteiger partial charge in [-0.3, -0.25) is 4.79 Å². The summed E-state index contributed by atoms with van der Waals surface area (Å²) >= 11 is 2.94. The van der Waals surface area contributed by atoms with E-state index in [4.69, 9.17) is 6.42 Å². The fourth-order valence-electron chi connectivity index (χ4n) is 1.29. The van der Waals surface area contributed by atoms with Crippen LogP contribution in [-0.2, 0) is 6.18 Å². The number of alkyl halides is 3. The largest absolute Gasteiger partial charge is 0.417 e. The molecule has 0 aliphatic rings. The zero-order valence-electron chi connectivity index (χ0n) is 9.14. The first kappa shape index (κ1) is 14.6. The van der Waals surface area contributed by atoms with E-state index in [9.17, 15) is 18.0 Å². The van der Waals surface area contributed by atoms with Gasteiger partial charge in [0.25, 0.3) is 5.91 Å². The van der Waals surface area contributed by atoms with E-state index in [0.717, 1.165) is 12.1 Å². The van der Waals surface area contributed by atoms with Crippen molar-refractivity contribution in [2.45, 2.75) is 12.6 Å². The van der Waals surface area contributed by atoms with Crippen LogP contribution < -0.4 is 5.32 Å². The molecule has 0 spiro atoms. The number of carbonyl (C=O) groups is 1. The molecular weight excluding hydrogens is 311 g/mol. The van der Waals surface area contributed by atoms with Crippen molar-refractivity contribution in [1.82, 2.24) is 5.32 Å². The Hall–Kier alpha value is -1.48. The Labute approximate surface area is 111 Å². The molecule has 1 rings (SSSR count). The Morgan fingerprint density at radius 3 is 2.67 bits per heavy atom. The zero-order valence-corrected chi connectivity index (χ0v) is 10.7. The first-order valence-electron chi connectivity index (χ1n) is 4.94. The summed E-state index contributed by atoms with van der Waals surface area (Å²) in [6.45, 7) is 0.142. The predicted octanol–water partition coefficient (Wildman–Crippen LogP) is 3.22. The normalized spacial score (nSPS) is 10.8. The van der Waals surface area contributed by atoms with E-state index in [1.54, 1.807) is 0 Å². The lowest BCUT2D eigenvalue weighted by Crippen LogP contribution is -2.27. The van der Waals surface area contributed by atoms with Gasteiger partial charge in [-0.2, -0.15) is 13.2 Å². The number of terminal acetylenes is 1. The van der Waals surface area contributed by atoms with Gasteiger partial charge in [0.2, 0.25) is 0 Å². The fourth-order valence-corrected chi connectivity index (χ4v) is 1.65. The Bertz CT molecular complexity index is 491. The molecule has 0 saturated carbocycles. The minimum absolute atomic E-state index is 0.142. The lowest BCUT2D eigenvalue weighted by atomic mass is 10.1. The van der Waals surface area contributed by atoms with E-state index in [2.05, 4.69) is 27.2 Å². The van der Waals surface area contributed by atoms with E-state index in [-0.39, 0.29) is 17.4 Å². The number of rotatable bonds is 3. The maximum absolute atomic E-state index is 12.7. The second-order valence-electron chi connectivity index (χ2n) is 3.40. The molecular formula is C12H9BrF3NO. The molecule has 18 heavy (non-hydrogen) atoms. The summed E-state index contributed by atoms with van der Waals surface area (Å²) in [5.74, 6) is 1.50. The lowest BCUT2D eigenvalue weighted by Gasteiger charge is -2.13. The molecule has 0 atom stereocenters. The summed E-state index contributed by atoms with van der Waals surface area (Å²) in [6, 6.07) is 3.37. The molecule has 96 valence electrons. The van der Waals surface area contributed by atoms with Crippen molar-refractivity contribution in [1.29, 1.82) is 0 Å². The molecule has 0 fully saturated rings. The molecule has 0 aliphatic carbocycles. The van der Waals surface area contributed by atoms with Crippen LogP contribution in [0.15, 0.2) is 22.7 Å². The number of halogens is 4. The van der Waals surface area contributed by atoms with Crippen LogP contribution >= 0.6 is 15.9 Å². The molecule has 0 heterocycles. The average molecular weight is 320 g/mol. The van der Waals surface area contributed by atoms with Crippen molar-refractivity contribution in [2.24, 2.45) is 0 Å². The van der Waals surface area contributed by atoms with Gasteiger partial charge in [-0.15, -0.1) is 12.3 Å². The van der Waals surface area contributed by atoms with Crippen LogP contribution in [0.2, 0.25) is 0 Å². The number of carbonyl (C=O) groups excluding carboxylic acids is 1. The van der Waals surface area contributed by atoms with Gasteiger partial charge in [0.15, 0.2) is 0 Å². The Morgan fingerprint density at radius 2 is 2.11 bits per heavy atom. The molecule has 2 nitrogen and oxygen atoms in total. The zero-order chi connectivity index (χ0) is 13.8. The second kappa shape index (κ2) is 5.91. The molecule has 6 heteroatoms. The van der Waals surface area contributed by atoms with Crippen LogP contribution in [0.1, 0.15) is 22.3 Å². The van der Waals surface area contributed by atoms with Crippen LogP contribution in [0.3, 0.4) is 0 Å². The van der Waals surface area contributed by atoms with Crippen molar-refractivity contribution < 1.29 is 18.0 Å². The molecule has 0 unspecified atom stereocenters. The molecule has 1 N–H and O–H groups in total. The SMILES string of the molecule is C#CCCNC(=O)c1ccc(Br)cc1C(F)(F)F. The maximum atomic E-state index is 12.7. The van der Waals surface area contributed by atoms with E-state index in [1.807, 2.05) is 0 Å². The topological polar surface area (TPSA) is 29.1 Å². The molecule has 1 aromatic carbocycles. The smallest absolute Gasteiger partial charge is 0.351 e. The van der Waals surface area contributed by atoms with Gasteiger partial charge in [0.1, 0.15) is 0 Å². The molecule has 1 aromatic rings. The summed E-state index contributed by atoms with van der Waals surface area (Å²) in [6.07, 6.45) is 0.672. The van der Waals surface area contributed by atoms with Gasteiger partial charge < -0.3 is 5.32 Å². The van der Waals surface area contributed by atoms with E-state index in [1.165, 1.54) is 6.07 Å². The predicted molar refractivity (Wildman–Crippen MR) is 64.9 cm³/mol. The van der Waals surface area contributed by atoms with Gasteiger partial charge in [0, 0.05) is 17.4 Å². The number of hydrogen-bond donors (Lipinski definition) is 1. The molecule has 0 aromatic heterocycles. The number of nitrogens with one attached hydrogen (secondary N) is 1. The highest BCUT2D eigenvalue weighted by molar-refractivity contribution is 9.10.